The Hall–Kier alpha value is -1.55. The maximum absolute atomic E-state index is 12.0. The minimum Gasteiger partial charge on any atom is -0.399 e. The van der Waals surface area contributed by atoms with Crippen molar-refractivity contribution in [3.05, 3.63) is 23.8 Å². The second-order valence-electron chi connectivity index (χ2n) is 5.62. The number of rotatable bonds is 5. The maximum atomic E-state index is 12.0. The number of nitrogens with two attached hydrogens (primary N) is 1. The molecule has 0 spiro atoms. The highest BCUT2D eigenvalue weighted by molar-refractivity contribution is 5.93. The van der Waals surface area contributed by atoms with Crippen molar-refractivity contribution in [2.75, 3.05) is 24.6 Å². The van der Waals surface area contributed by atoms with Gasteiger partial charge >= 0.3 is 0 Å². The number of nitrogens with zero attached hydrogens (tertiary/aromatic N) is 1. The Morgan fingerprint density at radius 3 is 2.79 bits per heavy atom. The molecule has 19 heavy (non-hydrogen) atoms. The van der Waals surface area contributed by atoms with Gasteiger partial charge in [-0.2, -0.15) is 0 Å². The fourth-order valence-corrected chi connectivity index (χ4v) is 2.33. The fraction of sp³-hybridized carbons (Fsp3) is 0.533. The molecule has 1 aliphatic rings. The topological polar surface area (TPSA) is 58.4 Å². The van der Waals surface area contributed by atoms with Gasteiger partial charge in [-0.25, -0.2) is 0 Å². The van der Waals surface area contributed by atoms with Crippen LogP contribution in [0.2, 0.25) is 0 Å². The zero-order valence-electron chi connectivity index (χ0n) is 11.9. The Morgan fingerprint density at radius 2 is 2.21 bits per heavy atom. The number of benzene rings is 1. The standard InChI is InChI=1S/C15H23N3O/c1-10-8-13(16)6-7-14(10)17-15(19)9-18(3)11(2)12-4-5-12/h6-8,11-12H,4-5,9,16H2,1-3H3,(H,17,19). The molecule has 0 radical (unpaired) electrons. The van der Waals surface area contributed by atoms with E-state index >= 15 is 0 Å². The van der Waals surface area contributed by atoms with E-state index in [0.717, 1.165) is 22.9 Å². The molecule has 0 saturated heterocycles. The van der Waals surface area contributed by atoms with Gasteiger partial charge in [0.05, 0.1) is 6.54 Å². The van der Waals surface area contributed by atoms with Crippen molar-refractivity contribution in [2.24, 2.45) is 5.92 Å². The number of nitrogens with one attached hydrogen (secondary N) is 1. The summed E-state index contributed by atoms with van der Waals surface area (Å²) in [7, 11) is 2.01. The van der Waals surface area contributed by atoms with Crippen LogP contribution in [0.4, 0.5) is 11.4 Å². The molecule has 3 N–H and O–H groups in total. The summed E-state index contributed by atoms with van der Waals surface area (Å²) in [6.07, 6.45) is 2.59. The number of carbonyl (C=O) groups excluding carboxylic acids is 1. The van der Waals surface area contributed by atoms with Crippen LogP contribution in [0.25, 0.3) is 0 Å². The molecule has 2 rings (SSSR count). The SMILES string of the molecule is Cc1cc(N)ccc1NC(=O)CN(C)C(C)C1CC1. The van der Waals surface area contributed by atoms with E-state index in [1.165, 1.54) is 12.8 Å². The number of nitrogen functional groups attached to an aromatic ring is 1. The number of hydrogen-bond acceptors (Lipinski definition) is 3. The smallest absolute Gasteiger partial charge is 0.238 e. The highest BCUT2D eigenvalue weighted by Gasteiger charge is 2.30. The van der Waals surface area contributed by atoms with Crippen molar-refractivity contribution in [1.29, 1.82) is 0 Å². The lowest BCUT2D eigenvalue weighted by Crippen LogP contribution is -2.37. The highest BCUT2D eigenvalue weighted by Crippen LogP contribution is 2.34. The van der Waals surface area contributed by atoms with Crippen molar-refractivity contribution in [3.63, 3.8) is 0 Å². The van der Waals surface area contributed by atoms with Gasteiger partial charge in [0.2, 0.25) is 5.91 Å². The third-order valence-electron chi connectivity index (χ3n) is 3.92. The van der Waals surface area contributed by atoms with Crippen LogP contribution >= 0.6 is 0 Å². The van der Waals surface area contributed by atoms with Crippen molar-refractivity contribution < 1.29 is 4.79 Å². The van der Waals surface area contributed by atoms with E-state index in [9.17, 15) is 4.79 Å². The largest absolute Gasteiger partial charge is 0.399 e. The molecule has 1 aromatic rings. The molecule has 1 fully saturated rings. The summed E-state index contributed by atoms with van der Waals surface area (Å²) in [5.41, 5.74) is 8.25. The first-order chi connectivity index (χ1) is 8.97. The number of likely N-dealkylation sites (N-methyl/N-ethyl adjacent to an activating group) is 1. The number of amides is 1. The Bertz CT molecular complexity index is 468. The number of aryl methyl sites for hydroxylation is 1. The molecular weight excluding hydrogens is 238 g/mol. The van der Waals surface area contributed by atoms with Gasteiger partial charge in [0.1, 0.15) is 0 Å². The molecule has 4 heteroatoms. The Morgan fingerprint density at radius 1 is 1.53 bits per heavy atom. The zero-order chi connectivity index (χ0) is 14.0. The van der Waals surface area contributed by atoms with Gasteiger partial charge in [-0.1, -0.05) is 0 Å². The van der Waals surface area contributed by atoms with E-state index in [2.05, 4.69) is 17.1 Å². The lowest BCUT2D eigenvalue weighted by atomic mass is 10.1. The molecule has 1 saturated carbocycles. The Labute approximate surface area is 115 Å². The average molecular weight is 261 g/mol. The molecule has 1 aliphatic carbocycles. The number of hydrogen-bond donors (Lipinski definition) is 2. The molecule has 0 aliphatic heterocycles. The van der Waals surface area contributed by atoms with Crippen LogP contribution in [0.15, 0.2) is 18.2 Å². The molecule has 104 valence electrons. The summed E-state index contributed by atoms with van der Waals surface area (Å²) >= 11 is 0. The van der Waals surface area contributed by atoms with Gasteiger partial charge in [-0.3, -0.25) is 9.69 Å². The summed E-state index contributed by atoms with van der Waals surface area (Å²) < 4.78 is 0. The van der Waals surface area contributed by atoms with Crippen molar-refractivity contribution in [3.8, 4) is 0 Å². The van der Waals surface area contributed by atoms with E-state index in [-0.39, 0.29) is 5.91 Å². The highest BCUT2D eigenvalue weighted by atomic mass is 16.2. The first-order valence-corrected chi connectivity index (χ1v) is 6.83. The fourth-order valence-electron chi connectivity index (χ4n) is 2.33. The summed E-state index contributed by atoms with van der Waals surface area (Å²) in [5, 5.41) is 2.95. The van der Waals surface area contributed by atoms with Crippen LogP contribution in [-0.2, 0) is 4.79 Å². The summed E-state index contributed by atoms with van der Waals surface area (Å²) in [6.45, 7) is 4.57. The molecule has 1 unspecified atom stereocenters. The second-order valence-corrected chi connectivity index (χ2v) is 5.62. The Kier molecular flexibility index (Phi) is 4.10. The van der Waals surface area contributed by atoms with Gasteiger partial charge in [0.25, 0.3) is 0 Å². The van der Waals surface area contributed by atoms with Gasteiger partial charge in [0.15, 0.2) is 0 Å². The van der Waals surface area contributed by atoms with Crippen LogP contribution in [0.3, 0.4) is 0 Å². The van der Waals surface area contributed by atoms with Crippen LogP contribution in [0.5, 0.6) is 0 Å². The Balaban J connectivity index is 1.89. The summed E-state index contributed by atoms with van der Waals surface area (Å²) in [6, 6.07) is 6.01. The van der Waals surface area contributed by atoms with E-state index in [4.69, 9.17) is 5.73 Å². The number of carbonyl (C=O) groups is 1. The molecule has 0 aromatic heterocycles. The third-order valence-corrected chi connectivity index (χ3v) is 3.92. The third kappa shape index (κ3) is 3.70. The van der Waals surface area contributed by atoms with Crippen LogP contribution < -0.4 is 11.1 Å². The zero-order valence-corrected chi connectivity index (χ0v) is 11.9. The van der Waals surface area contributed by atoms with Gasteiger partial charge in [-0.05, 0) is 63.4 Å². The quantitative estimate of drug-likeness (QED) is 0.799. The van der Waals surface area contributed by atoms with Crippen molar-refractivity contribution >= 4 is 17.3 Å². The van der Waals surface area contributed by atoms with E-state index in [1.807, 2.05) is 26.1 Å². The number of anilines is 2. The summed E-state index contributed by atoms with van der Waals surface area (Å²) in [4.78, 5) is 14.1. The molecular formula is C15H23N3O. The van der Waals surface area contributed by atoms with Gasteiger partial charge in [-0.15, -0.1) is 0 Å². The van der Waals surface area contributed by atoms with Crippen molar-refractivity contribution in [1.82, 2.24) is 4.90 Å². The maximum Gasteiger partial charge on any atom is 0.238 e. The molecule has 4 nitrogen and oxygen atoms in total. The van der Waals surface area contributed by atoms with Gasteiger partial charge < -0.3 is 11.1 Å². The summed E-state index contributed by atoms with van der Waals surface area (Å²) in [5.74, 6) is 0.805. The molecule has 1 atom stereocenters. The molecule has 1 amide bonds. The van der Waals surface area contributed by atoms with E-state index in [1.54, 1.807) is 6.07 Å². The molecule has 0 bridgehead atoms. The lowest BCUT2D eigenvalue weighted by molar-refractivity contribution is -0.117. The predicted octanol–water partition coefficient (Wildman–Crippen LogP) is 2.25. The minimum absolute atomic E-state index is 0.0304. The second kappa shape index (κ2) is 5.61. The van der Waals surface area contributed by atoms with Crippen LogP contribution in [0, 0.1) is 12.8 Å². The predicted molar refractivity (Wildman–Crippen MR) is 79.0 cm³/mol. The lowest BCUT2D eigenvalue weighted by Gasteiger charge is -2.24. The molecule has 0 heterocycles. The van der Waals surface area contributed by atoms with E-state index < -0.39 is 0 Å². The minimum atomic E-state index is 0.0304. The molecule has 1 aromatic carbocycles. The first-order valence-electron chi connectivity index (χ1n) is 6.83. The van der Waals surface area contributed by atoms with Gasteiger partial charge in [0, 0.05) is 17.4 Å². The normalized spacial score (nSPS) is 16.4. The monoisotopic (exact) mass is 261 g/mol. The van der Waals surface area contributed by atoms with Crippen LogP contribution in [0.1, 0.15) is 25.3 Å². The average Bonchev–Trinajstić information content (AvgIpc) is 3.15. The van der Waals surface area contributed by atoms with Crippen LogP contribution in [-0.4, -0.2) is 30.4 Å². The first kappa shape index (κ1) is 13.9. The van der Waals surface area contributed by atoms with Crippen molar-refractivity contribution in [2.45, 2.75) is 32.7 Å². The van der Waals surface area contributed by atoms with E-state index in [0.29, 0.717) is 12.6 Å².